The normalized spacial score (nSPS) is 11.9. The van der Waals surface area contributed by atoms with E-state index in [0.29, 0.717) is 6.61 Å². The number of nitrogens with one attached hydrogen (secondary N) is 1. The lowest BCUT2D eigenvalue weighted by molar-refractivity contribution is -0.137. The Morgan fingerprint density at radius 2 is 2.00 bits per heavy atom. The Labute approximate surface area is 109 Å². The lowest BCUT2D eigenvalue weighted by atomic mass is 10.1. The molecule has 6 heteroatoms. The first kappa shape index (κ1) is 15.1. The van der Waals surface area contributed by atoms with Gasteiger partial charge < -0.3 is 10.1 Å². The van der Waals surface area contributed by atoms with Gasteiger partial charge in [0.1, 0.15) is 0 Å². The molecule has 18 heavy (non-hydrogen) atoms. The largest absolute Gasteiger partial charge is 0.418 e. The number of rotatable bonds is 5. The third-order valence-corrected chi connectivity index (χ3v) is 2.49. The van der Waals surface area contributed by atoms with Gasteiger partial charge in [-0.15, -0.1) is 0 Å². The van der Waals surface area contributed by atoms with E-state index in [-0.39, 0.29) is 23.4 Å². The number of para-hydroxylation sites is 1. The van der Waals surface area contributed by atoms with E-state index >= 15 is 0 Å². The minimum Gasteiger partial charge on any atom is -0.381 e. The molecule has 1 N–H and O–H groups in total. The topological polar surface area (TPSA) is 21.3 Å². The predicted octanol–water partition coefficient (Wildman–Crippen LogP) is 4.20. The fraction of sp³-hybridized carbons (Fsp3) is 0.500. The molecular weight excluding hydrogens is 267 g/mol. The van der Waals surface area contributed by atoms with Gasteiger partial charge in [0.15, 0.2) is 0 Å². The Morgan fingerprint density at radius 3 is 2.56 bits per heavy atom. The van der Waals surface area contributed by atoms with Crippen LogP contribution in [0.25, 0.3) is 0 Å². The van der Waals surface area contributed by atoms with E-state index in [2.05, 4.69) is 5.32 Å². The van der Waals surface area contributed by atoms with Crippen LogP contribution in [0.4, 0.5) is 18.9 Å². The summed E-state index contributed by atoms with van der Waals surface area (Å²) in [7, 11) is 0. The highest BCUT2D eigenvalue weighted by Crippen LogP contribution is 2.38. The van der Waals surface area contributed by atoms with Crippen LogP contribution < -0.4 is 5.32 Å². The van der Waals surface area contributed by atoms with Gasteiger partial charge in [-0.25, -0.2) is 0 Å². The molecule has 0 heterocycles. The van der Waals surface area contributed by atoms with Crippen molar-refractivity contribution in [3.8, 4) is 0 Å². The summed E-state index contributed by atoms with van der Waals surface area (Å²) in [5.74, 6) is 0. The van der Waals surface area contributed by atoms with Crippen LogP contribution in [0, 0.1) is 0 Å². The maximum atomic E-state index is 12.7. The molecule has 0 bridgehead atoms. The molecular formula is C12H15ClF3NO. The van der Waals surface area contributed by atoms with Gasteiger partial charge in [0, 0.05) is 6.54 Å². The highest BCUT2D eigenvalue weighted by Gasteiger charge is 2.34. The van der Waals surface area contributed by atoms with Crippen molar-refractivity contribution in [1.82, 2.24) is 0 Å². The fourth-order valence-electron chi connectivity index (χ4n) is 1.41. The van der Waals surface area contributed by atoms with Crippen molar-refractivity contribution in [1.29, 1.82) is 0 Å². The molecule has 0 aliphatic heterocycles. The smallest absolute Gasteiger partial charge is 0.381 e. The summed E-state index contributed by atoms with van der Waals surface area (Å²) in [5.41, 5.74) is -0.862. The van der Waals surface area contributed by atoms with E-state index in [1.165, 1.54) is 12.1 Å². The van der Waals surface area contributed by atoms with E-state index in [1.807, 2.05) is 13.8 Å². The molecule has 1 aromatic carbocycles. The van der Waals surface area contributed by atoms with E-state index in [4.69, 9.17) is 16.3 Å². The zero-order chi connectivity index (χ0) is 13.8. The van der Waals surface area contributed by atoms with Crippen LogP contribution in [0.3, 0.4) is 0 Å². The van der Waals surface area contributed by atoms with Crippen LogP contribution in [-0.2, 0) is 10.9 Å². The molecule has 0 saturated heterocycles. The summed E-state index contributed by atoms with van der Waals surface area (Å²) in [4.78, 5) is 0. The van der Waals surface area contributed by atoms with E-state index in [1.54, 1.807) is 0 Å². The number of anilines is 1. The van der Waals surface area contributed by atoms with Crippen LogP contribution >= 0.6 is 11.6 Å². The Balaban J connectivity index is 2.75. The zero-order valence-corrected chi connectivity index (χ0v) is 10.9. The lowest BCUT2D eigenvalue weighted by Gasteiger charge is -2.16. The molecule has 102 valence electrons. The highest BCUT2D eigenvalue weighted by atomic mass is 35.5. The lowest BCUT2D eigenvalue weighted by Crippen LogP contribution is -2.16. The van der Waals surface area contributed by atoms with Crippen molar-refractivity contribution in [3.63, 3.8) is 0 Å². The molecule has 2 nitrogen and oxygen atoms in total. The highest BCUT2D eigenvalue weighted by molar-refractivity contribution is 6.33. The first-order chi connectivity index (χ1) is 8.32. The SMILES string of the molecule is CC(C)OCCNc1c(Cl)cccc1C(F)(F)F. The van der Waals surface area contributed by atoms with Crippen molar-refractivity contribution in [3.05, 3.63) is 28.8 Å². The minimum absolute atomic E-state index is 0.0418. The molecule has 0 radical (unpaired) electrons. The first-order valence-electron chi connectivity index (χ1n) is 5.53. The zero-order valence-electron chi connectivity index (χ0n) is 10.1. The molecule has 1 rings (SSSR count). The summed E-state index contributed by atoms with van der Waals surface area (Å²) in [5, 5.41) is 2.72. The Bertz CT molecular complexity index is 393. The van der Waals surface area contributed by atoms with Gasteiger partial charge in [0.25, 0.3) is 0 Å². The van der Waals surface area contributed by atoms with Crippen molar-refractivity contribution in [2.75, 3.05) is 18.5 Å². The Kier molecular flexibility index (Phi) is 5.28. The van der Waals surface area contributed by atoms with Crippen molar-refractivity contribution in [2.24, 2.45) is 0 Å². The number of halogens is 4. The number of ether oxygens (including phenoxy) is 1. The molecule has 1 aromatic rings. The minimum atomic E-state index is -4.42. The third kappa shape index (κ3) is 4.38. The monoisotopic (exact) mass is 281 g/mol. The van der Waals surface area contributed by atoms with Gasteiger partial charge in [-0.05, 0) is 26.0 Å². The number of hydrogen-bond acceptors (Lipinski definition) is 2. The second-order valence-electron chi connectivity index (χ2n) is 4.01. The van der Waals surface area contributed by atoms with E-state index in [0.717, 1.165) is 6.07 Å². The summed E-state index contributed by atoms with van der Waals surface area (Å²) >= 11 is 5.77. The molecule has 0 saturated carbocycles. The van der Waals surface area contributed by atoms with Gasteiger partial charge in [-0.2, -0.15) is 13.2 Å². The molecule has 0 aliphatic rings. The van der Waals surface area contributed by atoms with Crippen molar-refractivity contribution in [2.45, 2.75) is 26.1 Å². The standard InChI is InChI=1S/C12H15ClF3NO/c1-8(2)18-7-6-17-11-9(12(14,15)16)4-3-5-10(11)13/h3-5,8,17H,6-7H2,1-2H3. The Morgan fingerprint density at radius 1 is 1.33 bits per heavy atom. The van der Waals surface area contributed by atoms with Crippen LogP contribution in [-0.4, -0.2) is 19.3 Å². The average Bonchev–Trinajstić information content (AvgIpc) is 2.24. The molecule has 0 amide bonds. The summed E-state index contributed by atoms with van der Waals surface area (Å²) in [6.45, 7) is 4.30. The van der Waals surface area contributed by atoms with Crippen LogP contribution in [0.1, 0.15) is 19.4 Å². The number of alkyl halides is 3. The first-order valence-corrected chi connectivity index (χ1v) is 5.91. The van der Waals surface area contributed by atoms with Gasteiger partial charge in [0.05, 0.1) is 29.0 Å². The molecule has 0 spiro atoms. The number of benzene rings is 1. The van der Waals surface area contributed by atoms with Gasteiger partial charge in [-0.3, -0.25) is 0 Å². The van der Waals surface area contributed by atoms with Crippen molar-refractivity contribution < 1.29 is 17.9 Å². The average molecular weight is 282 g/mol. The molecule has 0 aromatic heterocycles. The molecule has 0 atom stereocenters. The van der Waals surface area contributed by atoms with Crippen LogP contribution in [0.15, 0.2) is 18.2 Å². The van der Waals surface area contributed by atoms with Crippen LogP contribution in [0.2, 0.25) is 5.02 Å². The summed E-state index contributed by atoms with van der Waals surface area (Å²) in [6, 6.07) is 3.70. The fourth-order valence-corrected chi connectivity index (χ4v) is 1.65. The quantitative estimate of drug-likeness (QED) is 0.817. The van der Waals surface area contributed by atoms with Crippen molar-refractivity contribution >= 4 is 17.3 Å². The van der Waals surface area contributed by atoms with Crippen LogP contribution in [0.5, 0.6) is 0 Å². The molecule has 0 fully saturated rings. The summed E-state index contributed by atoms with van der Waals surface area (Å²) in [6.07, 6.45) is -4.38. The van der Waals surface area contributed by atoms with E-state index in [9.17, 15) is 13.2 Å². The second-order valence-corrected chi connectivity index (χ2v) is 4.41. The molecule has 0 aliphatic carbocycles. The predicted molar refractivity (Wildman–Crippen MR) is 66.0 cm³/mol. The van der Waals surface area contributed by atoms with Gasteiger partial charge in [0.2, 0.25) is 0 Å². The maximum Gasteiger partial charge on any atom is 0.418 e. The molecule has 0 unspecified atom stereocenters. The maximum absolute atomic E-state index is 12.7. The second kappa shape index (κ2) is 6.29. The Hall–Kier alpha value is -0.940. The summed E-state index contributed by atoms with van der Waals surface area (Å²) < 4.78 is 43.4. The third-order valence-electron chi connectivity index (χ3n) is 2.17. The van der Waals surface area contributed by atoms with Gasteiger partial charge in [-0.1, -0.05) is 17.7 Å². The number of hydrogen-bond donors (Lipinski definition) is 1. The van der Waals surface area contributed by atoms with Gasteiger partial charge >= 0.3 is 6.18 Å². The van der Waals surface area contributed by atoms with E-state index < -0.39 is 11.7 Å².